The minimum absolute atomic E-state index is 0.0418. The summed E-state index contributed by atoms with van der Waals surface area (Å²) < 4.78 is 5.33. The minimum Gasteiger partial charge on any atom is -0.479 e. The molecule has 1 heterocycles. The topological polar surface area (TPSA) is 61.2 Å². The third-order valence-corrected chi connectivity index (χ3v) is 3.23. The van der Waals surface area contributed by atoms with Crippen molar-refractivity contribution in [1.82, 2.24) is 4.98 Å². The van der Waals surface area contributed by atoms with Gasteiger partial charge in [0.1, 0.15) is 5.69 Å². The van der Waals surface area contributed by atoms with Crippen molar-refractivity contribution in [3.63, 3.8) is 0 Å². The van der Waals surface area contributed by atoms with Crippen LogP contribution in [0.2, 0.25) is 0 Å². The SMILES string of the molecule is COc1nccc(N(C)C)c1NCC(C)(C)CCC#N. The molecule has 0 saturated carbocycles. The number of rotatable bonds is 7. The van der Waals surface area contributed by atoms with Crippen LogP contribution in [0, 0.1) is 16.7 Å². The van der Waals surface area contributed by atoms with Crippen LogP contribution in [0.4, 0.5) is 11.4 Å². The Morgan fingerprint density at radius 1 is 1.45 bits per heavy atom. The van der Waals surface area contributed by atoms with E-state index >= 15 is 0 Å². The molecule has 0 atom stereocenters. The summed E-state index contributed by atoms with van der Waals surface area (Å²) in [5, 5.41) is 12.1. The maximum Gasteiger partial charge on any atom is 0.239 e. The van der Waals surface area contributed by atoms with Crippen LogP contribution in [0.1, 0.15) is 26.7 Å². The van der Waals surface area contributed by atoms with Crippen LogP contribution in [-0.4, -0.2) is 32.7 Å². The summed E-state index contributed by atoms with van der Waals surface area (Å²) in [7, 11) is 5.59. The van der Waals surface area contributed by atoms with Crippen molar-refractivity contribution in [3.8, 4) is 11.9 Å². The van der Waals surface area contributed by atoms with E-state index in [0.29, 0.717) is 12.3 Å². The number of anilines is 2. The lowest BCUT2D eigenvalue weighted by molar-refractivity contribution is 0.361. The molecular formula is C15H24N4O. The first-order valence-electron chi connectivity index (χ1n) is 6.72. The quantitative estimate of drug-likeness (QED) is 0.829. The number of nitriles is 1. The van der Waals surface area contributed by atoms with E-state index in [1.807, 2.05) is 25.1 Å². The van der Waals surface area contributed by atoms with Gasteiger partial charge in [-0.3, -0.25) is 0 Å². The zero-order valence-corrected chi connectivity index (χ0v) is 13.0. The largest absolute Gasteiger partial charge is 0.479 e. The van der Waals surface area contributed by atoms with Crippen molar-refractivity contribution >= 4 is 11.4 Å². The molecule has 1 rings (SSSR count). The molecule has 0 aliphatic heterocycles. The molecule has 5 nitrogen and oxygen atoms in total. The highest BCUT2D eigenvalue weighted by atomic mass is 16.5. The number of ether oxygens (including phenoxy) is 1. The van der Waals surface area contributed by atoms with Crippen molar-refractivity contribution < 1.29 is 4.74 Å². The average molecular weight is 276 g/mol. The van der Waals surface area contributed by atoms with Crippen molar-refractivity contribution in [2.75, 3.05) is 38.0 Å². The van der Waals surface area contributed by atoms with Gasteiger partial charge in [-0.25, -0.2) is 4.98 Å². The third-order valence-electron chi connectivity index (χ3n) is 3.23. The Hall–Kier alpha value is -1.96. The molecule has 0 aliphatic carbocycles. The molecule has 0 amide bonds. The van der Waals surface area contributed by atoms with Gasteiger partial charge in [0, 0.05) is 33.3 Å². The molecule has 20 heavy (non-hydrogen) atoms. The van der Waals surface area contributed by atoms with E-state index in [-0.39, 0.29) is 5.41 Å². The lowest BCUT2D eigenvalue weighted by Gasteiger charge is -2.27. The number of pyridine rings is 1. The predicted octanol–water partition coefficient (Wildman–Crippen LogP) is 2.90. The molecule has 0 unspecified atom stereocenters. The van der Waals surface area contributed by atoms with Crippen molar-refractivity contribution in [2.45, 2.75) is 26.7 Å². The molecule has 0 aliphatic rings. The van der Waals surface area contributed by atoms with Crippen LogP contribution in [0.3, 0.4) is 0 Å². The number of aromatic nitrogens is 1. The Balaban J connectivity index is 2.88. The Labute approximate surface area is 121 Å². The van der Waals surface area contributed by atoms with Crippen LogP contribution < -0.4 is 15.0 Å². The van der Waals surface area contributed by atoms with Gasteiger partial charge in [-0.2, -0.15) is 5.26 Å². The Morgan fingerprint density at radius 2 is 2.15 bits per heavy atom. The molecule has 1 aromatic heterocycles. The number of hydrogen-bond donors (Lipinski definition) is 1. The molecule has 5 heteroatoms. The van der Waals surface area contributed by atoms with E-state index in [9.17, 15) is 0 Å². The first-order valence-corrected chi connectivity index (χ1v) is 6.72. The van der Waals surface area contributed by atoms with Gasteiger partial charge in [0.05, 0.1) is 18.9 Å². The fraction of sp³-hybridized carbons (Fsp3) is 0.600. The van der Waals surface area contributed by atoms with Gasteiger partial charge >= 0.3 is 0 Å². The molecule has 0 bridgehead atoms. The number of nitrogens with zero attached hydrogens (tertiary/aromatic N) is 3. The average Bonchev–Trinajstić information content (AvgIpc) is 2.42. The normalized spacial score (nSPS) is 10.8. The van der Waals surface area contributed by atoms with E-state index in [0.717, 1.165) is 24.3 Å². The summed E-state index contributed by atoms with van der Waals surface area (Å²) in [5.74, 6) is 0.590. The zero-order valence-electron chi connectivity index (χ0n) is 13.0. The Morgan fingerprint density at radius 3 is 2.70 bits per heavy atom. The highest BCUT2D eigenvalue weighted by Gasteiger charge is 2.20. The summed E-state index contributed by atoms with van der Waals surface area (Å²) in [5.41, 5.74) is 1.97. The van der Waals surface area contributed by atoms with Crippen molar-refractivity contribution in [3.05, 3.63) is 12.3 Å². The van der Waals surface area contributed by atoms with E-state index < -0.39 is 0 Å². The fourth-order valence-corrected chi connectivity index (χ4v) is 1.94. The summed E-state index contributed by atoms with van der Waals surface area (Å²) >= 11 is 0. The number of hydrogen-bond acceptors (Lipinski definition) is 5. The summed E-state index contributed by atoms with van der Waals surface area (Å²) in [4.78, 5) is 6.26. The zero-order chi connectivity index (χ0) is 15.2. The van der Waals surface area contributed by atoms with Crippen LogP contribution in [0.15, 0.2) is 12.3 Å². The predicted molar refractivity (Wildman–Crippen MR) is 82.2 cm³/mol. The van der Waals surface area contributed by atoms with Crippen LogP contribution in [-0.2, 0) is 0 Å². The molecule has 0 fully saturated rings. The van der Waals surface area contributed by atoms with Gasteiger partial charge in [0.15, 0.2) is 0 Å². The lowest BCUT2D eigenvalue weighted by Crippen LogP contribution is -2.24. The first kappa shape index (κ1) is 16.1. The Kier molecular flexibility index (Phi) is 5.63. The third kappa shape index (κ3) is 4.30. The molecule has 0 saturated heterocycles. The molecule has 0 radical (unpaired) electrons. The van der Waals surface area contributed by atoms with Gasteiger partial charge in [-0.05, 0) is 17.9 Å². The maximum absolute atomic E-state index is 8.71. The fourth-order valence-electron chi connectivity index (χ4n) is 1.94. The monoisotopic (exact) mass is 276 g/mol. The maximum atomic E-state index is 8.71. The Bertz CT molecular complexity index is 477. The standard InChI is InChI=1S/C15H24N4O/c1-15(2,8-6-9-16)11-18-13-12(19(3)4)7-10-17-14(13)20-5/h7,10,18H,6,8,11H2,1-5H3. The highest BCUT2D eigenvalue weighted by Crippen LogP contribution is 2.33. The number of nitrogens with one attached hydrogen (secondary N) is 1. The van der Waals surface area contributed by atoms with Crippen molar-refractivity contribution in [2.24, 2.45) is 5.41 Å². The van der Waals surface area contributed by atoms with Crippen LogP contribution in [0.5, 0.6) is 5.88 Å². The second-order valence-electron chi connectivity index (χ2n) is 5.78. The second-order valence-corrected chi connectivity index (χ2v) is 5.78. The molecule has 1 aromatic rings. The van der Waals surface area contributed by atoms with E-state index in [4.69, 9.17) is 10.00 Å². The lowest BCUT2D eigenvalue weighted by atomic mass is 9.88. The summed E-state index contributed by atoms with van der Waals surface area (Å²) in [6.07, 6.45) is 3.16. The number of methoxy groups -OCH3 is 1. The van der Waals surface area contributed by atoms with Crippen LogP contribution >= 0.6 is 0 Å². The summed E-state index contributed by atoms with van der Waals surface area (Å²) in [6, 6.07) is 4.15. The van der Waals surface area contributed by atoms with Crippen LogP contribution in [0.25, 0.3) is 0 Å². The van der Waals surface area contributed by atoms with E-state index in [2.05, 4.69) is 30.2 Å². The first-order chi connectivity index (χ1) is 9.41. The van der Waals surface area contributed by atoms with Crippen molar-refractivity contribution in [1.29, 1.82) is 5.26 Å². The second kappa shape index (κ2) is 6.99. The van der Waals surface area contributed by atoms with Gasteiger partial charge in [0.2, 0.25) is 5.88 Å². The molecule has 1 N–H and O–H groups in total. The van der Waals surface area contributed by atoms with Gasteiger partial charge in [-0.15, -0.1) is 0 Å². The van der Waals surface area contributed by atoms with Gasteiger partial charge < -0.3 is 15.0 Å². The molecule has 0 spiro atoms. The summed E-state index contributed by atoms with van der Waals surface area (Å²) in [6.45, 7) is 5.06. The smallest absolute Gasteiger partial charge is 0.239 e. The molecular weight excluding hydrogens is 252 g/mol. The van der Waals surface area contributed by atoms with E-state index in [1.54, 1.807) is 13.3 Å². The van der Waals surface area contributed by atoms with Gasteiger partial charge in [0.25, 0.3) is 0 Å². The van der Waals surface area contributed by atoms with Gasteiger partial charge in [-0.1, -0.05) is 13.8 Å². The molecule has 110 valence electrons. The highest BCUT2D eigenvalue weighted by molar-refractivity contribution is 5.74. The molecule has 0 aromatic carbocycles. The minimum atomic E-state index is 0.0418. The van der Waals surface area contributed by atoms with E-state index in [1.165, 1.54) is 0 Å².